The number of nitrogens with zero attached hydrogens (tertiary/aromatic N) is 5. The van der Waals surface area contributed by atoms with Crippen LogP contribution in [-0.4, -0.2) is 27.0 Å². The van der Waals surface area contributed by atoms with Crippen molar-refractivity contribution in [2.75, 3.05) is 12.4 Å². The molecule has 0 unspecified atom stereocenters. The minimum atomic E-state index is -4.57. The standard InChI is InChI=1S/C21H13F3N6O/c1-31-20-29-16-9-13(17-15(21(22,23)24)3-2-8-26-17)11-27-18(16)19(30-20)28-14-6-4-12(10-25)5-7-14/h2-9,11H,1H3,(H,28,29,30). The van der Waals surface area contributed by atoms with E-state index in [2.05, 4.69) is 25.3 Å². The first kappa shape index (κ1) is 20.0. The van der Waals surface area contributed by atoms with Crippen molar-refractivity contribution in [1.29, 1.82) is 5.26 Å². The van der Waals surface area contributed by atoms with Gasteiger partial charge in [0, 0.05) is 23.6 Å². The maximum absolute atomic E-state index is 13.4. The Hall–Kier alpha value is -4.26. The van der Waals surface area contributed by atoms with Crippen molar-refractivity contribution in [3.8, 4) is 23.3 Å². The number of methoxy groups -OCH3 is 1. The normalized spacial score (nSPS) is 11.2. The number of nitriles is 1. The number of aromatic nitrogens is 4. The molecule has 0 aliphatic rings. The second-order valence-corrected chi connectivity index (χ2v) is 6.36. The molecule has 1 aromatic carbocycles. The van der Waals surface area contributed by atoms with E-state index in [9.17, 15) is 13.2 Å². The van der Waals surface area contributed by atoms with Crippen LogP contribution in [0.4, 0.5) is 24.7 Å². The van der Waals surface area contributed by atoms with E-state index in [1.807, 2.05) is 6.07 Å². The van der Waals surface area contributed by atoms with Crippen molar-refractivity contribution in [1.82, 2.24) is 19.9 Å². The van der Waals surface area contributed by atoms with Crippen molar-refractivity contribution in [2.45, 2.75) is 6.18 Å². The highest BCUT2D eigenvalue weighted by atomic mass is 19.4. The molecule has 154 valence electrons. The maximum Gasteiger partial charge on any atom is 0.418 e. The van der Waals surface area contributed by atoms with Gasteiger partial charge >= 0.3 is 12.2 Å². The Labute approximate surface area is 174 Å². The molecule has 0 amide bonds. The summed E-state index contributed by atoms with van der Waals surface area (Å²) in [6, 6.07) is 12.3. The smallest absolute Gasteiger partial charge is 0.418 e. The zero-order chi connectivity index (χ0) is 22.0. The highest BCUT2D eigenvalue weighted by Crippen LogP contribution is 2.36. The molecule has 0 saturated heterocycles. The quantitative estimate of drug-likeness (QED) is 0.508. The number of alkyl halides is 3. The molecule has 3 heterocycles. The van der Waals surface area contributed by atoms with E-state index < -0.39 is 11.7 Å². The number of halogens is 3. The zero-order valence-electron chi connectivity index (χ0n) is 16.0. The van der Waals surface area contributed by atoms with Crippen LogP contribution in [0.2, 0.25) is 0 Å². The third-order valence-corrected chi connectivity index (χ3v) is 4.36. The zero-order valence-corrected chi connectivity index (χ0v) is 16.0. The Morgan fingerprint density at radius 3 is 2.52 bits per heavy atom. The average molecular weight is 422 g/mol. The first-order chi connectivity index (χ1) is 14.9. The number of ether oxygens (including phenoxy) is 1. The number of hydrogen-bond donors (Lipinski definition) is 1. The molecule has 0 atom stereocenters. The van der Waals surface area contributed by atoms with Crippen LogP contribution >= 0.6 is 0 Å². The van der Waals surface area contributed by atoms with Gasteiger partial charge in [0.05, 0.1) is 35.5 Å². The van der Waals surface area contributed by atoms with Gasteiger partial charge in [-0.05, 0) is 42.5 Å². The molecule has 0 saturated carbocycles. The van der Waals surface area contributed by atoms with Crippen LogP contribution in [0.1, 0.15) is 11.1 Å². The fraction of sp³-hybridized carbons (Fsp3) is 0.0952. The molecular weight excluding hydrogens is 409 g/mol. The summed E-state index contributed by atoms with van der Waals surface area (Å²) < 4.78 is 45.3. The lowest BCUT2D eigenvalue weighted by Gasteiger charge is -2.13. The molecule has 4 aromatic rings. The summed E-state index contributed by atoms with van der Waals surface area (Å²) in [6.07, 6.45) is -1.99. The highest BCUT2D eigenvalue weighted by molar-refractivity contribution is 5.90. The van der Waals surface area contributed by atoms with E-state index in [0.717, 1.165) is 6.07 Å². The van der Waals surface area contributed by atoms with Crippen molar-refractivity contribution in [3.63, 3.8) is 0 Å². The second-order valence-electron chi connectivity index (χ2n) is 6.36. The number of anilines is 2. The number of nitrogens with one attached hydrogen (secondary N) is 1. The summed E-state index contributed by atoms with van der Waals surface area (Å²) in [7, 11) is 1.38. The van der Waals surface area contributed by atoms with E-state index in [4.69, 9.17) is 10.00 Å². The van der Waals surface area contributed by atoms with Crippen LogP contribution in [0.15, 0.2) is 54.9 Å². The average Bonchev–Trinajstić information content (AvgIpc) is 2.78. The van der Waals surface area contributed by atoms with Crippen molar-refractivity contribution in [3.05, 3.63) is 66.0 Å². The van der Waals surface area contributed by atoms with Gasteiger partial charge in [-0.3, -0.25) is 4.98 Å². The summed E-state index contributed by atoms with van der Waals surface area (Å²) in [5, 5.41) is 12.0. The second kappa shape index (κ2) is 7.87. The van der Waals surface area contributed by atoms with Gasteiger partial charge in [0.15, 0.2) is 5.82 Å². The lowest BCUT2D eigenvalue weighted by atomic mass is 10.1. The third kappa shape index (κ3) is 4.06. The van der Waals surface area contributed by atoms with Gasteiger partial charge < -0.3 is 10.1 Å². The Kier molecular flexibility index (Phi) is 5.09. The molecule has 4 rings (SSSR count). The fourth-order valence-corrected chi connectivity index (χ4v) is 2.93. The molecule has 7 nitrogen and oxygen atoms in total. The van der Waals surface area contributed by atoms with E-state index >= 15 is 0 Å². The van der Waals surface area contributed by atoms with Crippen LogP contribution < -0.4 is 10.1 Å². The molecule has 0 bridgehead atoms. The number of benzene rings is 1. The summed E-state index contributed by atoms with van der Waals surface area (Å²) in [5.74, 6) is 0.301. The van der Waals surface area contributed by atoms with Gasteiger partial charge in [-0.1, -0.05) is 0 Å². The van der Waals surface area contributed by atoms with Crippen molar-refractivity contribution < 1.29 is 17.9 Å². The van der Waals surface area contributed by atoms with Gasteiger partial charge in [-0.2, -0.15) is 28.4 Å². The van der Waals surface area contributed by atoms with E-state index in [1.165, 1.54) is 31.6 Å². The topological polar surface area (TPSA) is 96.6 Å². The third-order valence-electron chi connectivity index (χ3n) is 4.36. The number of fused-ring (bicyclic) bond motifs is 1. The van der Waals surface area contributed by atoms with Crippen LogP contribution in [0.3, 0.4) is 0 Å². The summed E-state index contributed by atoms with van der Waals surface area (Å²) in [6.45, 7) is 0. The minimum absolute atomic E-state index is 0.0136. The largest absolute Gasteiger partial charge is 0.467 e. The molecule has 3 aromatic heterocycles. The fourth-order valence-electron chi connectivity index (χ4n) is 2.93. The Morgan fingerprint density at radius 2 is 1.84 bits per heavy atom. The van der Waals surface area contributed by atoms with E-state index in [-0.39, 0.29) is 22.8 Å². The van der Waals surface area contributed by atoms with Crippen LogP contribution in [0.25, 0.3) is 22.3 Å². The lowest BCUT2D eigenvalue weighted by Crippen LogP contribution is -2.08. The predicted molar refractivity (Wildman–Crippen MR) is 107 cm³/mol. The van der Waals surface area contributed by atoms with Crippen LogP contribution in [0.5, 0.6) is 6.01 Å². The molecule has 1 N–H and O–H groups in total. The minimum Gasteiger partial charge on any atom is -0.467 e. The summed E-state index contributed by atoms with van der Waals surface area (Å²) in [5.41, 5.74) is 0.783. The van der Waals surface area contributed by atoms with Crippen molar-refractivity contribution >= 4 is 22.5 Å². The Balaban J connectivity index is 1.82. The van der Waals surface area contributed by atoms with Gasteiger partial charge in [-0.25, -0.2) is 4.98 Å². The maximum atomic E-state index is 13.4. The SMILES string of the molecule is COc1nc(Nc2ccc(C#N)cc2)c2ncc(-c3ncccc3C(F)(F)F)cc2n1. The molecule has 0 radical (unpaired) electrons. The molecule has 0 aliphatic heterocycles. The molecule has 10 heteroatoms. The van der Waals surface area contributed by atoms with Crippen LogP contribution in [0, 0.1) is 11.3 Å². The van der Waals surface area contributed by atoms with Gasteiger partial charge in [0.2, 0.25) is 0 Å². The number of pyridine rings is 2. The predicted octanol–water partition coefficient (Wildman–Crippen LogP) is 4.73. The first-order valence-electron chi connectivity index (χ1n) is 8.90. The van der Waals surface area contributed by atoms with E-state index in [0.29, 0.717) is 22.6 Å². The molecular formula is C21H13F3N6O. The highest BCUT2D eigenvalue weighted by Gasteiger charge is 2.34. The van der Waals surface area contributed by atoms with Gasteiger partial charge in [0.25, 0.3) is 0 Å². The lowest BCUT2D eigenvalue weighted by molar-refractivity contribution is -0.137. The Morgan fingerprint density at radius 1 is 1.06 bits per heavy atom. The molecule has 0 fully saturated rings. The van der Waals surface area contributed by atoms with E-state index in [1.54, 1.807) is 24.3 Å². The molecule has 0 aliphatic carbocycles. The number of rotatable bonds is 4. The van der Waals surface area contributed by atoms with Gasteiger partial charge in [-0.15, -0.1) is 0 Å². The van der Waals surface area contributed by atoms with Crippen molar-refractivity contribution in [2.24, 2.45) is 0 Å². The molecule has 0 spiro atoms. The number of hydrogen-bond acceptors (Lipinski definition) is 7. The van der Waals surface area contributed by atoms with Gasteiger partial charge in [0.1, 0.15) is 5.52 Å². The Bertz CT molecular complexity index is 1300. The molecule has 31 heavy (non-hydrogen) atoms. The summed E-state index contributed by atoms with van der Waals surface area (Å²) >= 11 is 0. The van der Waals surface area contributed by atoms with Crippen LogP contribution in [-0.2, 0) is 6.18 Å². The monoisotopic (exact) mass is 422 g/mol. The summed E-state index contributed by atoms with van der Waals surface area (Å²) in [4.78, 5) is 16.6. The first-order valence-corrected chi connectivity index (χ1v) is 8.90.